The number of aliphatic hydroxyl groups is 1. The maximum absolute atomic E-state index is 11.2. The fourth-order valence-corrected chi connectivity index (χ4v) is 4.39. The van der Waals surface area contributed by atoms with Gasteiger partial charge in [0.1, 0.15) is 0 Å². The molecule has 3 atom stereocenters. The van der Waals surface area contributed by atoms with Crippen LogP contribution in [0.15, 0.2) is 0 Å². The quantitative estimate of drug-likeness (QED) is 0.716. The van der Waals surface area contributed by atoms with Crippen molar-refractivity contribution in [1.82, 2.24) is 5.32 Å². The first-order valence-electron chi connectivity index (χ1n) is 5.69. The standard InChI is InChI=1S/C10H19NO3S/c12-10-3-1-2-9(10)11-6-8-4-5-15(13,14)7-8/h8-12H,1-7H2/t8?,9-,10-/m0/s1. The summed E-state index contributed by atoms with van der Waals surface area (Å²) in [6, 6.07) is 0.188. The van der Waals surface area contributed by atoms with Crippen LogP contribution in [0, 0.1) is 5.92 Å². The summed E-state index contributed by atoms with van der Waals surface area (Å²) < 4.78 is 22.4. The van der Waals surface area contributed by atoms with Crippen molar-refractivity contribution < 1.29 is 13.5 Å². The highest BCUT2D eigenvalue weighted by molar-refractivity contribution is 7.91. The largest absolute Gasteiger partial charge is 0.392 e. The van der Waals surface area contributed by atoms with Crippen molar-refractivity contribution in [3.8, 4) is 0 Å². The Hall–Kier alpha value is -0.130. The van der Waals surface area contributed by atoms with Gasteiger partial charge < -0.3 is 10.4 Å². The molecule has 0 amide bonds. The third-order valence-electron chi connectivity index (χ3n) is 3.47. The van der Waals surface area contributed by atoms with Crippen LogP contribution in [0.1, 0.15) is 25.7 Å². The lowest BCUT2D eigenvalue weighted by atomic mass is 10.1. The highest BCUT2D eigenvalue weighted by atomic mass is 32.2. The minimum Gasteiger partial charge on any atom is -0.392 e. The molecule has 0 spiro atoms. The lowest BCUT2D eigenvalue weighted by molar-refractivity contribution is 0.147. The molecule has 2 fully saturated rings. The number of aliphatic hydroxyl groups excluding tert-OH is 1. The second kappa shape index (κ2) is 4.39. The lowest BCUT2D eigenvalue weighted by Gasteiger charge is -2.18. The van der Waals surface area contributed by atoms with Gasteiger partial charge in [-0.05, 0) is 38.1 Å². The number of hydrogen-bond donors (Lipinski definition) is 2. The molecule has 0 aromatic rings. The molecule has 0 aromatic heterocycles. The Morgan fingerprint density at radius 1 is 1.27 bits per heavy atom. The molecule has 2 N–H and O–H groups in total. The minimum atomic E-state index is -2.76. The summed E-state index contributed by atoms with van der Waals surface area (Å²) in [5.74, 6) is 0.915. The molecule has 1 unspecified atom stereocenters. The van der Waals surface area contributed by atoms with E-state index in [1.54, 1.807) is 0 Å². The van der Waals surface area contributed by atoms with Gasteiger partial charge >= 0.3 is 0 Å². The summed E-state index contributed by atoms with van der Waals surface area (Å²) in [4.78, 5) is 0. The van der Waals surface area contributed by atoms with Crippen LogP contribution in [-0.4, -0.2) is 43.7 Å². The van der Waals surface area contributed by atoms with Crippen molar-refractivity contribution in [3.63, 3.8) is 0 Å². The molecule has 1 saturated carbocycles. The van der Waals surface area contributed by atoms with Gasteiger partial charge in [-0.3, -0.25) is 0 Å². The van der Waals surface area contributed by atoms with E-state index in [0.29, 0.717) is 11.5 Å². The van der Waals surface area contributed by atoms with E-state index in [9.17, 15) is 13.5 Å². The van der Waals surface area contributed by atoms with E-state index in [4.69, 9.17) is 0 Å². The fraction of sp³-hybridized carbons (Fsp3) is 1.00. The molecule has 1 heterocycles. The molecular weight excluding hydrogens is 214 g/mol. The highest BCUT2D eigenvalue weighted by Crippen LogP contribution is 2.21. The van der Waals surface area contributed by atoms with Gasteiger partial charge in [-0.2, -0.15) is 0 Å². The van der Waals surface area contributed by atoms with E-state index in [2.05, 4.69) is 5.32 Å². The maximum Gasteiger partial charge on any atom is 0.150 e. The van der Waals surface area contributed by atoms with Crippen molar-refractivity contribution in [3.05, 3.63) is 0 Å². The van der Waals surface area contributed by atoms with Gasteiger partial charge in [0.2, 0.25) is 0 Å². The van der Waals surface area contributed by atoms with Crippen LogP contribution in [0.4, 0.5) is 0 Å². The van der Waals surface area contributed by atoms with Gasteiger partial charge in [-0.15, -0.1) is 0 Å². The average Bonchev–Trinajstić information content (AvgIpc) is 2.69. The van der Waals surface area contributed by atoms with Crippen molar-refractivity contribution in [2.24, 2.45) is 5.92 Å². The van der Waals surface area contributed by atoms with Gasteiger partial charge in [-0.1, -0.05) is 0 Å². The van der Waals surface area contributed by atoms with Crippen LogP contribution >= 0.6 is 0 Å². The van der Waals surface area contributed by atoms with E-state index in [1.165, 1.54) is 0 Å². The number of rotatable bonds is 3. The smallest absolute Gasteiger partial charge is 0.150 e. The Morgan fingerprint density at radius 2 is 2.07 bits per heavy atom. The first-order chi connectivity index (χ1) is 7.07. The van der Waals surface area contributed by atoms with Crippen LogP contribution in [0.2, 0.25) is 0 Å². The molecule has 0 aromatic carbocycles. The molecule has 88 valence electrons. The molecule has 2 aliphatic rings. The lowest BCUT2D eigenvalue weighted by Crippen LogP contribution is -2.38. The zero-order valence-electron chi connectivity index (χ0n) is 8.85. The van der Waals surface area contributed by atoms with Gasteiger partial charge in [0.25, 0.3) is 0 Å². The predicted molar refractivity (Wildman–Crippen MR) is 58.4 cm³/mol. The first-order valence-corrected chi connectivity index (χ1v) is 7.51. The van der Waals surface area contributed by atoms with Crippen molar-refractivity contribution >= 4 is 9.84 Å². The molecule has 4 nitrogen and oxygen atoms in total. The topological polar surface area (TPSA) is 66.4 Å². The van der Waals surface area contributed by atoms with Crippen LogP contribution in [-0.2, 0) is 9.84 Å². The van der Waals surface area contributed by atoms with Gasteiger partial charge in [0.05, 0.1) is 17.6 Å². The second-order valence-electron chi connectivity index (χ2n) is 4.78. The van der Waals surface area contributed by atoms with E-state index >= 15 is 0 Å². The van der Waals surface area contributed by atoms with E-state index in [1.807, 2.05) is 0 Å². The molecular formula is C10H19NO3S. The average molecular weight is 233 g/mol. The van der Waals surface area contributed by atoms with Crippen LogP contribution in [0.3, 0.4) is 0 Å². The van der Waals surface area contributed by atoms with Gasteiger partial charge in [0.15, 0.2) is 9.84 Å². The monoisotopic (exact) mass is 233 g/mol. The summed E-state index contributed by atoms with van der Waals surface area (Å²) in [6.45, 7) is 0.737. The van der Waals surface area contributed by atoms with Gasteiger partial charge in [0, 0.05) is 6.04 Å². The normalized spacial score (nSPS) is 39.7. The van der Waals surface area contributed by atoms with E-state index in [-0.39, 0.29) is 18.1 Å². The van der Waals surface area contributed by atoms with Crippen molar-refractivity contribution in [2.45, 2.75) is 37.8 Å². The second-order valence-corrected chi connectivity index (χ2v) is 7.01. The number of sulfone groups is 1. The first kappa shape index (κ1) is 11.4. The maximum atomic E-state index is 11.2. The summed E-state index contributed by atoms with van der Waals surface area (Å²) >= 11 is 0. The summed E-state index contributed by atoms with van der Waals surface area (Å²) in [5, 5.41) is 12.9. The van der Waals surface area contributed by atoms with E-state index in [0.717, 1.165) is 32.2 Å². The summed E-state index contributed by atoms with van der Waals surface area (Å²) in [5.41, 5.74) is 0. The number of nitrogens with one attached hydrogen (secondary N) is 1. The Bertz CT molecular complexity index is 315. The highest BCUT2D eigenvalue weighted by Gasteiger charge is 2.30. The van der Waals surface area contributed by atoms with Crippen LogP contribution in [0.5, 0.6) is 0 Å². The van der Waals surface area contributed by atoms with E-state index < -0.39 is 9.84 Å². The molecule has 1 aliphatic carbocycles. The fourth-order valence-electron chi connectivity index (χ4n) is 2.53. The molecule has 15 heavy (non-hydrogen) atoms. The Kier molecular flexibility index (Phi) is 3.33. The minimum absolute atomic E-state index is 0.188. The zero-order valence-corrected chi connectivity index (χ0v) is 9.67. The number of hydrogen-bond acceptors (Lipinski definition) is 4. The van der Waals surface area contributed by atoms with Crippen LogP contribution in [0.25, 0.3) is 0 Å². The Balaban J connectivity index is 1.75. The summed E-state index contributed by atoms with van der Waals surface area (Å²) in [6.07, 6.45) is 3.50. The Labute approximate surface area is 91.0 Å². The van der Waals surface area contributed by atoms with Crippen LogP contribution < -0.4 is 5.32 Å². The molecule has 5 heteroatoms. The molecule has 0 radical (unpaired) electrons. The third kappa shape index (κ3) is 2.92. The summed E-state index contributed by atoms with van der Waals surface area (Å²) in [7, 11) is -2.76. The molecule has 2 rings (SSSR count). The predicted octanol–water partition coefficient (Wildman–Crippen LogP) is -0.0759. The van der Waals surface area contributed by atoms with Crippen molar-refractivity contribution in [2.75, 3.05) is 18.1 Å². The van der Waals surface area contributed by atoms with Crippen molar-refractivity contribution in [1.29, 1.82) is 0 Å². The molecule has 1 aliphatic heterocycles. The Morgan fingerprint density at radius 3 is 2.60 bits per heavy atom. The zero-order chi connectivity index (χ0) is 10.9. The SMILES string of the molecule is O=S1(=O)CCC(CN[C@H]2CCC[C@@H]2O)C1. The third-order valence-corrected chi connectivity index (χ3v) is 5.31. The van der Waals surface area contributed by atoms with Gasteiger partial charge in [-0.25, -0.2) is 8.42 Å². The molecule has 0 bridgehead atoms. The molecule has 1 saturated heterocycles.